The molecule has 35 heavy (non-hydrogen) atoms. The molecular formula is C25H31N5O5. The number of carbonyl (C=O) groups excluding carboxylic acids is 1. The average molecular weight is 482 g/mol. The number of rotatable bonds is 5. The van der Waals surface area contributed by atoms with E-state index in [1.807, 2.05) is 13.8 Å². The van der Waals surface area contributed by atoms with E-state index in [4.69, 9.17) is 9.47 Å². The monoisotopic (exact) mass is 481 g/mol. The van der Waals surface area contributed by atoms with Crippen LogP contribution in [0.2, 0.25) is 0 Å². The Kier molecular flexibility index (Phi) is 6.50. The summed E-state index contributed by atoms with van der Waals surface area (Å²) in [5, 5.41) is 19.9. The zero-order chi connectivity index (χ0) is 25.4. The van der Waals surface area contributed by atoms with Gasteiger partial charge < -0.3 is 14.8 Å². The molecule has 1 aromatic carbocycles. The molecule has 1 amide bonds. The molecule has 10 nitrogen and oxygen atoms in total. The van der Waals surface area contributed by atoms with Crippen LogP contribution in [0.15, 0.2) is 36.7 Å². The van der Waals surface area contributed by atoms with Crippen LogP contribution in [0.25, 0.3) is 22.2 Å². The van der Waals surface area contributed by atoms with E-state index in [1.165, 1.54) is 0 Å². The number of hydrogen-bond acceptors (Lipinski definition) is 7. The highest BCUT2D eigenvalue weighted by Crippen LogP contribution is 2.37. The molecule has 1 unspecified atom stereocenters. The molecule has 4 rings (SSSR count). The molecule has 2 aromatic heterocycles. The Balaban J connectivity index is 1.64. The summed E-state index contributed by atoms with van der Waals surface area (Å²) in [6.45, 7) is 9.72. The first kappa shape index (κ1) is 24.6. The number of nitro benzene ring substituents is 1. The van der Waals surface area contributed by atoms with Crippen molar-refractivity contribution < 1.29 is 19.2 Å². The first-order valence-electron chi connectivity index (χ1n) is 11.7. The van der Waals surface area contributed by atoms with Gasteiger partial charge >= 0.3 is 6.09 Å². The number of pyridine rings is 1. The van der Waals surface area contributed by atoms with E-state index in [2.05, 4.69) is 15.4 Å². The summed E-state index contributed by atoms with van der Waals surface area (Å²) in [5.74, 6) is 0. The molecule has 3 aromatic rings. The van der Waals surface area contributed by atoms with Crippen LogP contribution in [0.1, 0.15) is 65.7 Å². The van der Waals surface area contributed by atoms with Crippen LogP contribution in [0.5, 0.6) is 0 Å². The summed E-state index contributed by atoms with van der Waals surface area (Å²) < 4.78 is 12.8. The summed E-state index contributed by atoms with van der Waals surface area (Å²) in [5.41, 5.74) is 0.706. The fourth-order valence-electron chi connectivity index (χ4n) is 4.13. The van der Waals surface area contributed by atoms with Gasteiger partial charge in [0.1, 0.15) is 11.8 Å². The van der Waals surface area contributed by atoms with Crippen molar-refractivity contribution in [1.29, 1.82) is 0 Å². The summed E-state index contributed by atoms with van der Waals surface area (Å²) in [6, 6.07) is 6.95. The van der Waals surface area contributed by atoms with E-state index >= 15 is 0 Å². The van der Waals surface area contributed by atoms with Gasteiger partial charge in [0.2, 0.25) is 0 Å². The number of nitro groups is 1. The summed E-state index contributed by atoms with van der Waals surface area (Å²) >= 11 is 0. The molecular weight excluding hydrogens is 450 g/mol. The predicted octanol–water partition coefficient (Wildman–Crippen LogP) is 5.47. The van der Waals surface area contributed by atoms with Crippen molar-refractivity contribution >= 4 is 22.7 Å². The van der Waals surface area contributed by atoms with E-state index in [-0.39, 0.29) is 11.9 Å². The number of ether oxygens (including phenoxy) is 2. The van der Waals surface area contributed by atoms with Gasteiger partial charge in [0.25, 0.3) is 5.69 Å². The molecule has 1 saturated heterocycles. The lowest BCUT2D eigenvalue weighted by Crippen LogP contribution is -2.43. The van der Waals surface area contributed by atoms with E-state index in [9.17, 15) is 14.9 Å². The number of nitrogens with zero attached hydrogens (tertiary/aromatic N) is 4. The van der Waals surface area contributed by atoms with Crippen molar-refractivity contribution in [1.82, 2.24) is 20.1 Å². The maximum absolute atomic E-state index is 12.3. The second kappa shape index (κ2) is 9.26. The lowest BCUT2D eigenvalue weighted by atomic mass is 9.95. The Morgan fingerprint density at radius 1 is 1.20 bits per heavy atom. The number of benzene rings is 1. The summed E-state index contributed by atoms with van der Waals surface area (Å²) in [6.07, 6.45) is 5.42. The van der Waals surface area contributed by atoms with Crippen molar-refractivity contribution in [2.24, 2.45) is 0 Å². The van der Waals surface area contributed by atoms with E-state index in [0.717, 1.165) is 24.8 Å². The maximum atomic E-state index is 12.3. The van der Waals surface area contributed by atoms with Crippen molar-refractivity contribution in [3.63, 3.8) is 0 Å². The number of aromatic nitrogens is 3. The lowest BCUT2D eigenvalue weighted by Gasteiger charge is -2.29. The van der Waals surface area contributed by atoms with Crippen LogP contribution in [0.4, 0.5) is 10.5 Å². The lowest BCUT2D eigenvalue weighted by molar-refractivity contribution is -0.382. The van der Waals surface area contributed by atoms with E-state index < -0.39 is 22.2 Å². The smallest absolute Gasteiger partial charge is 0.408 e. The molecule has 1 aliphatic heterocycles. The number of amides is 1. The second-order valence-corrected chi connectivity index (χ2v) is 10.3. The number of hydrogen-bond donors (Lipinski definition) is 1. The van der Waals surface area contributed by atoms with Gasteiger partial charge in [0.15, 0.2) is 0 Å². The number of fused-ring (bicyclic) bond motifs is 1. The zero-order valence-corrected chi connectivity index (χ0v) is 20.7. The summed E-state index contributed by atoms with van der Waals surface area (Å²) in [4.78, 5) is 28.5. The number of carbonyl (C=O) groups is 1. The van der Waals surface area contributed by atoms with Gasteiger partial charge in [-0.25, -0.2) is 9.48 Å². The Morgan fingerprint density at radius 2 is 1.97 bits per heavy atom. The third-order valence-corrected chi connectivity index (χ3v) is 5.89. The van der Waals surface area contributed by atoms with Gasteiger partial charge in [-0.3, -0.25) is 15.1 Å². The zero-order valence-electron chi connectivity index (χ0n) is 20.7. The van der Waals surface area contributed by atoms with Gasteiger partial charge in [-0.15, -0.1) is 0 Å². The Labute approximate surface area is 203 Å². The highest BCUT2D eigenvalue weighted by molar-refractivity contribution is 5.95. The highest BCUT2D eigenvalue weighted by Gasteiger charge is 2.28. The maximum Gasteiger partial charge on any atom is 0.408 e. The van der Waals surface area contributed by atoms with E-state index in [1.54, 1.807) is 62.1 Å². The molecule has 1 fully saturated rings. The minimum atomic E-state index is -0.759. The molecule has 0 spiro atoms. The quantitative estimate of drug-likeness (QED) is 0.379. The van der Waals surface area contributed by atoms with Gasteiger partial charge in [-0.05, 0) is 77.6 Å². The number of alkyl carbamates (subject to hydrolysis) is 1. The van der Waals surface area contributed by atoms with Crippen molar-refractivity contribution in [2.75, 3.05) is 6.61 Å². The molecule has 0 aliphatic carbocycles. The topological polar surface area (TPSA) is 121 Å². The average Bonchev–Trinajstić information content (AvgIpc) is 3.21. The molecule has 1 aliphatic rings. The summed E-state index contributed by atoms with van der Waals surface area (Å²) in [7, 11) is 0. The Hall–Kier alpha value is -3.53. The fraction of sp³-hybridized carbons (Fsp3) is 0.480. The third kappa shape index (κ3) is 5.43. The van der Waals surface area contributed by atoms with E-state index in [0.29, 0.717) is 28.8 Å². The van der Waals surface area contributed by atoms with Gasteiger partial charge in [-0.2, -0.15) is 5.10 Å². The van der Waals surface area contributed by atoms with Crippen LogP contribution in [-0.4, -0.2) is 38.0 Å². The third-order valence-electron chi connectivity index (χ3n) is 5.89. The molecule has 0 saturated carbocycles. The van der Waals surface area contributed by atoms with Gasteiger partial charge in [-0.1, -0.05) is 6.07 Å². The first-order chi connectivity index (χ1) is 16.4. The fourth-order valence-corrected chi connectivity index (χ4v) is 4.13. The van der Waals surface area contributed by atoms with Gasteiger partial charge in [0.05, 0.1) is 32.6 Å². The highest BCUT2D eigenvalue weighted by atomic mass is 16.6. The largest absolute Gasteiger partial charge is 0.444 e. The van der Waals surface area contributed by atoms with Gasteiger partial charge in [0, 0.05) is 19.0 Å². The minimum absolute atomic E-state index is 0.0454. The second-order valence-electron chi connectivity index (χ2n) is 10.3. The Bertz CT molecular complexity index is 1240. The van der Waals surface area contributed by atoms with Crippen LogP contribution in [-0.2, 0) is 15.0 Å². The van der Waals surface area contributed by atoms with Crippen molar-refractivity contribution in [3.05, 3.63) is 52.3 Å². The van der Waals surface area contributed by atoms with Crippen LogP contribution in [0, 0.1) is 10.1 Å². The molecule has 1 atom stereocenters. The van der Waals surface area contributed by atoms with Crippen LogP contribution >= 0.6 is 0 Å². The molecule has 0 bridgehead atoms. The SMILES string of the molecule is CC(C)(C)OC(=O)NC(C)(C)c1ccc(-c2ccc3nn(C4CCCCO4)cc3c2[N+](=O)[O-])nc1. The molecule has 1 N–H and O–H groups in total. The first-order valence-corrected chi connectivity index (χ1v) is 11.7. The number of nitrogens with one attached hydrogen (secondary N) is 1. The molecule has 0 radical (unpaired) electrons. The molecule has 186 valence electrons. The Morgan fingerprint density at radius 3 is 2.57 bits per heavy atom. The minimum Gasteiger partial charge on any atom is -0.444 e. The molecule has 10 heteroatoms. The molecule has 3 heterocycles. The van der Waals surface area contributed by atoms with Crippen molar-refractivity contribution in [2.45, 2.75) is 71.2 Å². The van der Waals surface area contributed by atoms with Crippen LogP contribution < -0.4 is 5.32 Å². The van der Waals surface area contributed by atoms with Crippen LogP contribution in [0.3, 0.4) is 0 Å². The normalized spacial score (nSPS) is 16.8. The predicted molar refractivity (Wildman–Crippen MR) is 131 cm³/mol. The standard InChI is InChI=1S/C25H31N5O5/c1-24(2,3)35-23(31)27-25(4,5)16-9-11-19(26-14-16)17-10-12-20-18(22(17)30(32)33)15-29(28-20)21-8-6-7-13-34-21/h9-12,14-15,21H,6-8,13H2,1-5H3,(H,27,31). The van der Waals surface area contributed by atoms with Crippen molar-refractivity contribution in [3.8, 4) is 11.3 Å².